The van der Waals surface area contributed by atoms with E-state index in [4.69, 9.17) is 4.98 Å². The lowest BCUT2D eigenvalue weighted by atomic mass is 10.1. The first kappa shape index (κ1) is 22.9. The van der Waals surface area contributed by atoms with Crippen molar-refractivity contribution in [2.45, 2.75) is 25.8 Å². The predicted molar refractivity (Wildman–Crippen MR) is 139 cm³/mol. The second-order valence-electron chi connectivity index (χ2n) is 9.54. The number of aryl methyl sites for hydroxylation is 1. The van der Waals surface area contributed by atoms with Gasteiger partial charge in [0.25, 0.3) is 5.91 Å². The van der Waals surface area contributed by atoms with Crippen LogP contribution in [0.25, 0.3) is 27.8 Å². The fraction of sp³-hybridized carbons (Fsp3) is 0.214. The van der Waals surface area contributed by atoms with E-state index >= 15 is 0 Å². The summed E-state index contributed by atoms with van der Waals surface area (Å²) in [5.74, 6) is -0.0143. The van der Waals surface area contributed by atoms with E-state index in [0.29, 0.717) is 22.6 Å². The van der Waals surface area contributed by atoms with E-state index in [1.807, 2.05) is 42.8 Å². The molecule has 1 fully saturated rings. The number of hydrogen-bond donors (Lipinski definition) is 2. The van der Waals surface area contributed by atoms with Crippen LogP contribution in [0, 0.1) is 11.7 Å². The van der Waals surface area contributed by atoms with Gasteiger partial charge in [0, 0.05) is 47.9 Å². The molecular formula is C28H25FN6O2. The molecule has 2 amide bonds. The highest BCUT2D eigenvalue weighted by Gasteiger charge is 2.30. The largest absolute Gasteiger partial charge is 0.350 e. The molecule has 1 atom stereocenters. The zero-order chi connectivity index (χ0) is 25.7. The number of carbonyl (C=O) groups is 2. The molecule has 2 aromatic carbocycles. The highest BCUT2D eigenvalue weighted by atomic mass is 19.1. The van der Waals surface area contributed by atoms with Gasteiger partial charge in [0.2, 0.25) is 5.91 Å². The number of amides is 2. The maximum absolute atomic E-state index is 13.6. The van der Waals surface area contributed by atoms with Gasteiger partial charge in [0.15, 0.2) is 11.5 Å². The molecule has 3 heterocycles. The number of nitrogens with one attached hydrogen (secondary N) is 2. The Bertz CT molecular complexity index is 1680. The first-order valence-corrected chi connectivity index (χ1v) is 12.2. The van der Waals surface area contributed by atoms with Crippen LogP contribution < -0.4 is 10.6 Å². The van der Waals surface area contributed by atoms with E-state index in [0.717, 1.165) is 35.0 Å². The summed E-state index contributed by atoms with van der Waals surface area (Å²) in [5, 5.41) is 11.0. The molecule has 0 saturated heterocycles. The third kappa shape index (κ3) is 4.44. The number of carbonyl (C=O) groups excluding carboxylic acids is 2. The van der Waals surface area contributed by atoms with Gasteiger partial charge in [-0.3, -0.25) is 9.59 Å². The lowest BCUT2D eigenvalue weighted by Gasteiger charge is -2.14. The molecule has 2 N–H and O–H groups in total. The van der Waals surface area contributed by atoms with Crippen LogP contribution in [0.2, 0.25) is 0 Å². The van der Waals surface area contributed by atoms with Crippen molar-refractivity contribution in [1.29, 1.82) is 0 Å². The van der Waals surface area contributed by atoms with Gasteiger partial charge in [-0.15, -0.1) is 5.10 Å². The van der Waals surface area contributed by atoms with Crippen molar-refractivity contribution in [3.05, 3.63) is 83.9 Å². The van der Waals surface area contributed by atoms with Gasteiger partial charge in [0.05, 0.1) is 17.3 Å². The molecule has 8 nitrogen and oxygen atoms in total. The Morgan fingerprint density at radius 2 is 1.95 bits per heavy atom. The van der Waals surface area contributed by atoms with Crippen LogP contribution in [0.15, 0.2) is 67.0 Å². The van der Waals surface area contributed by atoms with E-state index in [2.05, 4.69) is 15.7 Å². The summed E-state index contributed by atoms with van der Waals surface area (Å²) in [7, 11) is 1.89. The van der Waals surface area contributed by atoms with Crippen LogP contribution in [-0.2, 0) is 11.8 Å². The Hall–Kier alpha value is -4.53. The molecular weight excluding hydrogens is 471 g/mol. The SMILES string of the molecule is C[C@H](NC(=O)c1cn(C)c2ccc(-c3ccn4nc(NC(=O)C5CC5)cc4n3)cc12)c1cccc(F)c1. The maximum Gasteiger partial charge on any atom is 0.253 e. The maximum atomic E-state index is 13.6. The molecule has 186 valence electrons. The molecule has 0 bridgehead atoms. The quantitative estimate of drug-likeness (QED) is 0.351. The molecule has 6 rings (SSSR count). The van der Waals surface area contributed by atoms with E-state index in [1.54, 1.807) is 35.1 Å². The van der Waals surface area contributed by atoms with Gasteiger partial charge in [-0.05, 0) is 55.7 Å². The number of benzene rings is 2. The standard InChI is InChI=1S/C28H25FN6O2/c1-16(18-4-3-5-20(29)12-18)30-28(37)22-15-34(2)24-9-8-19(13-21(22)24)23-10-11-35-26(31-23)14-25(33-35)32-27(36)17-6-7-17/h3-5,8-17H,6-7H2,1-2H3,(H,30,37)(H,32,33,36)/t16-/m0/s1. The van der Waals surface area contributed by atoms with E-state index < -0.39 is 0 Å². The van der Waals surface area contributed by atoms with Gasteiger partial charge in [0.1, 0.15) is 5.82 Å². The smallest absolute Gasteiger partial charge is 0.253 e. The molecule has 37 heavy (non-hydrogen) atoms. The van der Waals surface area contributed by atoms with Crippen molar-refractivity contribution in [3.8, 4) is 11.3 Å². The van der Waals surface area contributed by atoms with Crippen molar-refractivity contribution in [1.82, 2.24) is 24.5 Å². The number of halogens is 1. The molecule has 0 radical (unpaired) electrons. The van der Waals surface area contributed by atoms with Crippen LogP contribution in [0.5, 0.6) is 0 Å². The first-order chi connectivity index (χ1) is 17.9. The number of aromatic nitrogens is 4. The van der Waals surface area contributed by atoms with Crippen LogP contribution in [0.3, 0.4) is 0 Å². The lowest BCUT2D eigenvalue weighted by Crippen LogP contribution is -2.26. The number of hydrogen-bond acceptors (Lipinski definition) is 4. The lowest BCUT2D eigenvalue weighted by molar-refractivity contribution is -0.117. The third-order valence-electron chi connectivity index (χ3n) is 6.75. The van der Waals surface area contributed by atoms with E-state index in [9.17, 15) is 14.0 Å². The monoisotopic (exact) mass is 496 g/mol. The van der Waals surface area contributed by atoms with Gasteiger partial charge in [-0.25, -0.2) is 13.9 Å². The number of nitrogens with zero attached hydrogens (tertiary/aromatic N) is 4. The molecule has 1 aliphatic carbocycles. The fourth-order valence-corrected chi connectivity index (χ4v) is 4.54. The summed E-state index contributed by atoms with van der Waals surface area (Å²) in [6, 6.07) is 15.3. The predicted octanol–water partition coefficient (Wildman–Crippen LogP) is 4.87. The summed E-state index contributed by atoms with van der Waals surface area (Å²) in [4.78, 5) is 30.0. The average molecular weight is 497 g/mol. The normalized spacial score (nSPS) is 14.1. The summed E-state index contributed by atoms with van der Waals surface area (Å²) in [6.45, 7) is 1.83. The first-order valence-electron chi connectivity index (χ1n) is 12.2. The number of anilines is 1. The van der Waals surface area contributed by atoms with Crippen molar-refractivity contribution in [2.75, 3.05) is 5.32 Å². The number of fused-ring (bicyclic) bond motifs is 2. The van der Waals surface area contributed by atoms with Gasteiger partial charge < -0.3 is 15.2 Å². The van der Waals surface area contributed by atoms with Gasteiger partial charge in [-0.1, -0.05) is 18.2 Å². The highest BCUT2D eigenvalue weighted by Crippen LogP contribution is 2.31. The molecule has 0 spiro atoms. The minimum Gasteiger partial charge on any atom is -0.350 e. The van der Waals surface area contributed by atoms with Crippen LogP contribution in [-0.4, -0.2) is 31.0 Å². The van der Waals surface area contributed by atoms with Crippen molar-refractivity contribution in [2.24, 2.45) is 13.0 Å². The molecule has 0 unspecified atom stereocenters. The van der Waals surface area contributed by atoms with Crippen LogP contribution in [0.4, 0.5) is 10.2 Å². The Balaban J connectivity index is 1.29. The summed E-state index contributed by atoms with van der Waals surface area (Å²) >= 11 is 0. The molecule has 1 aliphatic rings. The van der Waals surface area contributed by atoms with E-state index in [-0.39, 0.29) is 29.6 Å². The minimum atomic E-state index is -0.359. The van der Waals surface area contributed by atoms with Crippen LogP contribution in [0.1, 0.15) is 41.7 Å². The van der Waals surface area contributed by atoms with E-state index in [1.165, 1.54) is 12.1 Å². The second-order valence-corrected chi connectivity index (χ2v) is 9.54. The molecule has 9 heteroatoms. The summed E-state index contributed by atoms with van der Waals surface area (Å²) in [6.07, 6.45) is 5.44. The average Bonchev–Trinajstić information content (AvgIpc) is 3.59. The zero-order valence-electron chi connectivity index (χ0n) is 20.4. The molecule has 5 aromatic rings. The van der Waals surface area contributed by atoms with Crippen molar-refractivity contribution >= 4 is 34.2 Å². The van der Waals surface area contributed by atoms with Crippen molar-refractivity contribution in [3.63, 3.8) is 0 Å². The third-order valence-corrected chi connectivity index (χ3v) is 6.75. The van der Waals surface area contributed by atoms with Crippen molar-refractivity contribution < 1.29 is 14.0 Å². The zero-order valence-corrected chi connectivity index (χ0v) is 20.4. The topological polar surface area (TPSA) is 93.3 Å². The van der Waals surface area contributed by atoms with Crippen LogP contribution >= 0.6 is 0 Å². The minimum absolute atomic E-state index is 0.00400. The fourth-order valence-electron chi connectivity index (χ4n) is 4.54. The summed E-state index contributed by atoms with van der Waals surface area (Å²) < 4.78 is 17.2. The van der Waals surface area contributed by atoms with Gasteiger partial charge >= 0.3 is 0 Å². The summed E-state index contributed by atoms with van der Waals surface area (Å²) in [5.41, 5.74) is 4.30. The van der Waals surface area contributed by atoms with Gasteiger partial charge in [-0.2, -0.15) is 0 Å². The molecule has 1 saturated carbocycles. The second kappa shape index (κ2) is 8.85. The highest BCUT2D eigenvalue weighted by molar-refractivity contribution is 6.08. The molecule has 3 aromatic heterocycles. The Morgan fingerprint density at radius 3 is 2.73 bits per heavy atom. The molecule has 0 aliphatic heterocycles. The Labute approximate surface area is 212 Å². The number of rotatable bonds is 6. The Kier molecular flexibility index (Phi) is 5.48. The Morgan fingerprint density at radius 1 is 1.11 bits per heavy atom.